The Bertz CT molecular complexity index is 519. The molecule has 0 bridgehead atoms. The normalized spacial score (nSPS) is 17.3. The summed E-state index contributed by atoms with van der Waals surface area (Å²) in [4.78, 5) is 14.1. The summed E-state index contributed by atoms with van der Waals surface area (Å²) in [6.07, 6.45) is -0.756. The third kappa shape index (κ3) is 4.15. The molecule has 0 unspecified atom stereocenters. The van der Waals surface area contributed by atoms with Gasteiger partial charge in [-0.05, 0) is 30.5 Å². The zero-order valence-electron chi connectivity index (χ0n) is 12.7. The van der Waals surface area contributed by atoms with Crippen LogP contribution in [0.3, 0.4) is 0 Å². The molecule has 0 saturated heterocycles. The predicted octanol–water partition coefficient (Wildman–Crippen LogP) is 4.12. The lowest BCUT2D eigenvalue weighted by atomic mass is 9.87. The Balaban J connectivity index is 1.97. The van der Waals surface area contributed by atoms with E-state index in [0.29, 0.717) is 6.54 Å². The molecule has 1 aromatic rings. The van der Waals surface area contributed by atoms with E-state index in [4.69, 9.17) is 0 Å². The molecular weight excluding hydrogens is 295 g/mol. The molecule has 1 saturated carbocycles. The van der Waals surface area contributed by atoms with Crippen LogP contribution >= 0.6 is 0 Å². The first-order valence-electron chi connectivity index (χ1n) is 7.30. The molecule has 2 rings (SSSR count). The maximum Gasteiger partial charge on any atom is 0.573 e. The van der Waals surface area contributed by atoms with Crippen LogP contribution in [-0.4, -0.2) is 24.2 Å². The van der Waals surface area contributed by atoms with Gasteiger partial charge in [-0.3, -0.25) is 4.79 Å². The van der Waals surface area contributed by atoms with Crippen molar-refractivity contribution in [1.82, 2.24) is 4.90 Å². The Kier molecular flexibility index (Phi) is 4.68. The van der Waals surface area contributed by atoms with E-state index in [1.165, 1.54) is 12.1 Å². The van der Waals surface area contributed by atoms with Gasteiger partial charge in [-0.15, -0.1) is 13.2 Å². The molecule has 122 valence electrons. The van der Waals surface area contributed by atoms with Crippen molar-refractivity contribution in [1.29, 1.82) is 0 Å². The summed E-state index contributed by atoms with van der Waals surface area (Å²) >= 11 is 0. The monoisotopic (exact) mass is 315 g/mol. The number of rotatable bonds is 4. The number of carbonyl (C=O) groups excluding carboxylic acids is 1. The lowest BCUT2D eigenvalue weighted by Crippen LogP contribution is -2.38. The average molecular weight is 315 g/mol. The van der Waals surface area contributed by atoms with Gasteiger partial charge >= 0.3 is 6.36 Å². The first kappa shape index (κ1) is 16.6. The molecule has 6 heteroatoms. The minimum atomic E-state index is -4.69. The summed E-state index contributed by atoms with van der Waals surface area (Å²) in [6.45, 7) is 2.36. The number of hydrogen-bond acceptors (Lipinski definition) is 2. The van der Waals surface area contributed by atoms with Crippen molar-refractivity contribution >= 4 is 5.91 Å². The summed E-state index contributed by atoms with van der Waals surface area (Å²) in [6, 6.07) is 5.61. The lowest BCUT2D eigenvalue weighted by Gasteiger charge is -2.29. The summed E-state index contributed by atoms with van der Waals surface area (Å²) in [5.74, 6) is -0.159. The van der Waals surface area contributed by atoms with Gasteiger partial charge in [0.2, 0.25) is 5.91 Å². The number of alkyl halides is 3. The fourth-order valence-electron chi connectivity index (χ4n) is 2.97. The van der Waals surface area contributed by atoms with Gasteiger partial charge in [-0.1, -0.05) is 31.9 Å². The minimum absolute atomic E-state index is 0.0978. The van der Waals surface area contributed by atoms with Crippen LogP contribution in [0.1, 0.15) is 38.2 Å². The number of nitrogens with zero attached hydrogens (tertiary/aromatic N) is 1. The minimum Gasteiger partial charge on any atom is -0.406 e. The molecule has 0 aliphatic heterocycles. The molecule has 0 heterocycles. The Morgan fingerprint density at radius 3 is 2.27 bits per heavy atom. The second-order valence-corrected chi connectivity index (χ2v) is 6.12. The molecule has 0 aromatic heterocycles. The van der Waals surface area contributed by atoms with Crippen molar-refractivity contribution in [3.63, 3.8) is 0 Å². The van der Waals surface area contributed by atoms with E-state index >= 15 is 0 Å². The Labute approximate surface area is 128 Å². The number of amides is 1. The topological polar surface area (TPSA) is 29.5 Å². The zero-order valence-corrected chi connectivity index (χ0v) is 12.7. The molecule has 3 nitrogen and oxygen atoms in total. The molecule has 1 aromatic carbocycles. The van der Waals surface area contributed by atoms with Crippen LogP contribution in [0.2, 0.25) is 0 Å². The second-order valence-electron chi connectivity index (χ2n) is 6.12. The van der Waals surface area contributed by atoms with Gasteiger partial charge in [-0.2, -0.15) is 0 Å². The van der Waals surface area contributed by atoms with Crippen LogP contribution in [0.15, 0.2) is 24.3 Å². The van der Waals surface area contributed by atoms with Gasteiger partial charge in [0.15, 0.2) is 0 Å². The van der Waals surface area contributed by atoms with Crippen molar-refractivity contribution < 1.29 is 22.7 Å². The molecule has 22 heavy (non-hydrogen) atoms. The van der Waals surface area contributed by atoms with Gasteiger partial charge in [0.05, 0.1) is 0 Å². The molecule has 0 atom stereocenters. The number of ether oxygens (including phenoxy) is 1. The van der Waals surface area contributed by atoms with Gasteiger partial charge in [0.1, 0.15) is 5.75 Å². The smallest absolute Gasteiger partial charge is 0.406 e. The Hall–Kier alpha value is -1.72. The molecule has 0 radical (unpaired) electrons. The standard InChI is InChI=1S/C16H20F3NO2/c1-15(9-3-4-10-15)14(21)20(2)11-12-5-7-13(8-6-12)22-16(17,18)19/h5-8H,3-4,9-11H2,1-2H3. The number of benzene rings is 1. The van der Waals surface area contributed by atoms with Crippen molar-refractivity contribution in [2.24, 2.45) is 5.41 Å². The first-order chi connectivity index (χ1) is 10.2. The van der Waals surface area contributed by atoms with Crippen LogP contribution in [0.5, 0.6) is 5.75 Å². The Morgan fingerprint density at radius 2 is 1.77 bits per heavy atom. The van der Waals surface area contributed by atoms with E-state index in [-0.39, 0.29) is 17.1 Å². The van der Waals surface area contributed by atoms with Crippen LogP contribution < -0.4 is 4.74 Å². The number of hydrogen-bond donors (Lipinski definition) is 0. The first-order valence-corrected chi connectivity index (χ1v) is 7.30. The maximum absolute atomic E-state index is 12.5. The molecule has 1 fully saturated rings. The zero-order chi connectivity index (χ0) is 16.4. The second kappa shape index (κ2) is 6.18. The third-order valence-corrected chi connectivity index (χ3v) is 4.15. The quantitative estimate of drug-likeness (QED) is 0.836. The summed E-state index contributed by atoms with van der Waals surface area (Å²) in [7, 11) is 1.73. The van der Waals surface area contributed by atoms with Gasteiger partial charge in [-0.25, -0.2) is 0 Å². The van der Waals surface area contributed by atoms with Gasteiger partial charge < -0.3 is 9.64 Å². The molecule has 0 N–H and O–H groups in total. The van der Waals surface area contributed by atoms with Crippen molar-refractivity contribution in [3.05, 3.63) is 29.8 Å². The fraction of sp³-hybridized carbons (Fsp3) is 0.562. The highest BCUT2D eigenvalue weighted by Crippen LogP contribution is 2.39. The van der Waals surface area contributed by atoms with Crippen molar-refractivity contribution in [2.45, 2.75) is 45.5 Å². The number of carbonyl (C=O) groups is 1. The summed E-state index contributed by atoms with van der Waals surface area (Å²) in [5.41, 5.74) is 0.473. The van der Waals surface area contributed by atoms with Crippen LogP contribution in [0.4, 0.5) is 13.2 Å². The molecule has 1 amide bonds. The van der Waals surface area contributed by atoms with Crippen LogP contribution in [-0.2, 0) is 11.3 Å². The molecule has 0 spiro atoms. The molecular formula is C16H20F3NO2. The van der Waals surface area contributed by atoms with E-state index in [9.17, 15) is 18.0 Å². The van der Waals surface area contributed by atoms with Crippen LogP contribution in [0, 0.1) is 5.41 Å². The fourth-order valence-corrected chi connectivity index (χ4v) is 2.97. The van der Waals surface area contributed by atoms with Gasteiger partial charge in [0.25, 0.3) is 0 Å². The lowest BCUT2D eigenvalue weighted by molar-refractivity contribution is -0.274. The maximum atomic E-state index is 12.5. The van der Waals surface area contributed by atoms with Crippen LogP contribution in [0.25, 0.3) is 0 Å². The molecule has 1 aliphatic carbocycles. The number of halogens is 3. The van der Waals surface area contributed by atoms with E-state index in [0.717, 1.165) is 31.2 Å². The molecule has 1 aliphatic rings. The SMILES string of the molecule is CN(Cc1ccc(OC(F)(F)F)cc1)C(=O)C1(C)CCCC1. The van der Waals surface area contributed by atoms with E-state index in [1.54, 1.807) is 24.1 Å². The third-order valence-electron chi connectivity index (χ3n) is 4.15. The van der Waals surface area contributed by atoms with E-state index in [2.05, 4.69) is 4.74 Å². The summed E-state index contributed by atoms with van der Waals surface area (Å²) in [5, 5.41) is 0. The highest BCUT2D eigenvalue weighted by Gasteiger charge is 2.38. The van der Waals surface area contributed by atoms with E-state index < -0.39 is 6.36 Å². The van der Waals surface area contributed by atoms with Crippen molar-refractivity contribution in [2.75, 3.05) is 7.05 Å². The largest absolute Gasteiger partial charge is 0.573 e. The Morgan fingerprint density at radius 1 is 1.23 bits per heavy atom. The summed E-state index contributed by atoms with van der Waals surface area (Å²) < 4.78 is 40.1. The van der Waals surface area contributed by atoms with Crippen molar-refractivity contribution in [3.8, 4) is 5.75 Å². The average Bonchev–Trinajstić information content (AvgIpc) is 2.86. The highest BCUT2D eigenvalue weighted by molar-refractivity contribution is 5.82. The van der Waals surface area contributed by atoms with Gasteiger partial charge in [0, 0.05) is 19.0 Å². The predicted molar refractivity (Wildman–Crippen MR) is 76.2 cm³/mol. The highest BCUT2D eigenvalue weighted by atomic mass is 19.4. The van der Waals surface area contributed by atoms with E-state index in [1.807, 2.05) is 6.92 Å².